The summed E-state index contributed by atoms with van der Waals surface area (Å²) in [5, 5.41) is 0. The Hall–Kier alpha value is -1.52. The molecule has 1 rings (SSSR count). The lowest BCUT2D eigenvalue weighted by atomic mass is 9.91. The van der Waals surface area contributed by atoms with Gasteiger partial charge in [-0.15, -0.1) is 0 Å². The zero-order valence-corrected chi connectivity index (χ0v) is 13.8. The third-order valence-corrected chi connectivity index (χ3v) is 3.24. The van der Waals surface area contributed by atoms with Crippen LogP contribution in [0.3, 0.4) is 0 Å². The molecule has 0 fully saturated rings. The van der Waals surface area contributed by atoms with Crippen LogP contribution in [0.5, 0.6) is 0 Å². The van der Waals surface area contributed by atoms with Gasteiger partial charge in [0.2, 0.25) is 0 Å². The largest absolute Gasteiger partial charge is 0.463 e. The van der Waals surface area contributed by atoms with Gasteiger partial charge >= 0.3 is 12.1 Å². The summed E-state index contributed by atoms with van der Waals surface area (Å²) in [6.07, 6.45) is 3.23. The smallest absolute Gasteiger partial charge is 0.410 e. The molecule has 0 saturated heterocycles. The van der Waals surface area contributed by atoms with Crippen molar-refractivity contribution in [2.45, 2.75) is 59.0 Å². The van der Waals surface area contributed by atoms with Gasteiger partial charge in [0, 0.05) is 19.2 Å². The van der Waals surface area contributed by atoms with Gasteiger partial charge in [-0.2, -0.15) is 0 Å². The molecule has 0 radical (unpaired) electrons. The van der Waals surface area contributed by atoms with Crippen LogP contribution in [0, 0.1) is 0 Å². The Morgan fingerprint density at radius 3 is 2.38 bits per heavy atom. The monoisotopic (exact) mass is 297 g/mol. The van der Waals surface area contributed by atoms with E-state index in [2.05, 4.69) is 0 Å². The van der Waals surface area contributed by atoms with E-state index < -0.39 is 5.60 Å². The molecule has 21 heavy (non-hydrogen) atoms. The standard InChI is InChI=1S/C16H27NO4/c1-6-20-14(18)13-10-8-7-9-12(13)11-17(5)15(19)21-16(2,3)4/h6-11H2,1-5H3. The lowest BCUT2D eigenvalue weighted by Gasteiger charge is -2.27. The predicted octanol–water partition coefficient (Wildman–Crippen LogP) is 3.29. The van der Waals surface area contributed by atoms with E-state index in [0.29, 0.717) is 13.2 Å². The van der Waals surface area contributed by atoms with Crippen molar-refractivity contribution >= 4 is 12.1 Å². The van der Waals surface area contributed by atoms with E-state index in [9.17, 15) is 9.59 Å². The second-order valence-corrected chi connectivity index (χ2v) is 6.35. The molecule has 0 aromatic heterocycles. The van der Waals surface area contributed by atoms with Crippen LogP contribution in [0.1, 0.15) is 53.4 Å². The lowest BCUT2D eigenvalue weighted by molar-refractivity contribution is -0.138. The van der Waals surface area contributed by atoms with Crippen LogP contribution in [0.25, 0.3) is 0 Å². The van der Waals surface area contributed by atoms with E-state index >= 15 is 0 Å². The molecule has 0 atom stereocenters. The first-order valence-corrected chi connectivity index (χ1v) is 7.56. The van der Waals surface area contributed by atoms with Crippen LogP contribution in [-0.4, -0.2) is 42.8 Å². The highest BCUT2D eigenvalue weighted by molar-refractivity contribution is 5.89. The van der Waals surface area contributed by atoms with Gasteiger partial charge in [-0.25, -0.2) is 9.59 Å². The van der Waals surface area contributed by atoms with E-state index in [-0.39, 0.29) is 12.1 Å². The number of nitrogens with zero attached hydrogens (tertiary/aromatic N) is 1. The van der Waals surface area contributed by atoms with Gasteiger partial charge in [0.25, 0.3) is 0 Å². The topological polar surface area (TPSA) is 55.8 Å². The van der Waals surface area contributed by atoms with Crippen molar-refractivity contribution in [1.29, 1.82) is 0 Å². The van der Waals surface area contributed by atoms with E-state index in [1.54, 1.807) is 14.0 Å². The number of rotatable bonds is 4. The molecule has 1 aliphatic carbocycles. The minimum absolute atomic E-state index is 0.246. The van der Waals surface area contributed by atoms with E-state index in [4.69, 9.17) is 9.47 Å². The first-order chi connectivity index (χ1) is 9.74. The number of likely N-dealkylation sites (N-methyl/N-ethyl adjacent to an activating group) is 1. The van der Waals surface area contributed by atoms with Crippen LogP contribution < -0.4 is 0 Å². The van der Waals surface area contributed by atoms with E-state index in [1.165, 1.54) is 4.90 Å². The molecule has 0 saturated carbocycles. The third-order valence-electron chi connectivity index (χ3n) is 3.24. The minimum atomic E-state index is -0.518. The van der Waals surface area contributed by atoms with Crippen LogP contribution in [-0.2, 0) is 14.3 Å². The molecular weight excluding hydrogens is 270 g/mol. The van der Waals surface area contributed by atoms with Gasteiger partial charge in [0.1, 0.15) is 5.60 Å². The molecule has 5 heteroatoms. The molecule has 0 aromatic carbocycles. The second-order valence-electron chi connectivity index (χ2n) is 6.35. The van der Waals surface area contributed by atoms with Crippen LogP contribution >= 0.6 is 0 Å². The predicted molar refractivity (Wildman–Crippen MR) is 81.0 cm³/mol. The molecule has 0 bridgehead atoms. The van der Waals surface area contributed by atoms with Gasteiger partial charge < -0.3 is 14.4 Å². The maximum absolute atomic E-state index is 12.0. The summed E-state index contributed by atoms with van der Waals surface area (Å²) in [6.45, 7) is 8.10. The summed E-state index contributed by atoms with van der Waals surface area (Å²) in [7, 11) is 1.69. The van der Waals surface area contributed by atoms with Crippen LogP contribution in [0.15, 0.2) is 11.1 Å². The lowest BCUT2D eigenvalue weighted by Crippen LogP contribution is -2.36. The fourth-order valence-electron chi connectivity index (χ4n) is 2.30. The number of ether oxygens (including phenoxy) is 2. The Kier molecular flexibility index (Phi) is 6.24. The molecule has 1 aliphatic rings. The van der Waals surface area contributed by atoms with Crippen molar-refractivity contribution in [3.63, 3.8) is 0 Å². The molecule has 0 aliphatic heterocycles. The molecule has 120 valence electrons. The van der Waals surface area contributed by atoms with Gasteiger partial charge in [-0.3, -0.25) is 0 Å². The van der Waals surface area contributed by atoms with Crippen molar-refractivity contribution in [1.82, 2.24) is 4.90 Å². The molecule has 0 spiro atoms. The number of amides is 1. The van der Waals surface area contributed by atoms with Gasteiger partial charge in [-0.05, 0) is 59.0 Å². The minimum Gasteiger partial charge on any atom is -0.463 e. The molecule has 0 aromatic rings. The maximum Gasteiger partial charge on any atom is 0.410 e. The van der Waals surface area contributed by atoms with Crippen molar-refractivity contribution in [3.8, 4) is 0 Å². The van der Waals surface area contributed by atoms with Crippen molar-refractivity contribution in [2.24, 2.45) is 0 Å². The SMILES string of the molecule is CCOC(=O)C1=C(CN(C)C(=O)OC(C)(C)C)CCCC1. The average Bonchev–Trinajstić information content (AvgIpc) is 2.37. The van der Waals surface area contributed by atoms with Gasteiger partial charge in [0.05, 0.1) is 6.61 Å². The first kappa shape index (κ1) is 17.5. The number of carbonyl (C=O) groups is 2. The van der Waals surface area contributed by atoms with Crippen LogP contribution in [0.4, 0.5) is 4.79 Å². The Bertz CT molecular complexity index is 420. The number of esters is 1. The number of hydrogen-bond donors (Lipinski definition) is 0. The average molecular weight is 297 g/mol. The number of hydrogen-bond acceptors (Lipinski definition) is 4. The zero-order valence-electron chi connectivity index (χ0n) is 13.8. The normalized spacial score (nSPS) is 15.7. The quantitative estimate of drug-likeness (QED) is 0.747. The van der Waals surface area contributed by atoms with Crippen molar-refractivity contribution < 1.29 is 19.1 Å². The molecule has 1 amide bonds. The van der Waals surface area contributed by atoms with Crippen molar-refractivity contribution in [3.05, 3.63) is 11.1 Å². The highest BCUT2D eigenvalue weighted by atomic mass is 16.6. The second kappa shape index (κ2) is 7.48. The highest BCUT2D eigenvalue weighted by Gasteiger charge is 2.24. The maximum atomic E-state index is 12.0. The highest BCUT2D eigenvalue weighted by Crippen LogP contribution is 2.26. The Morgan fingerprint density at radius 2 is 1.81 bits per heavy atom. The summed E-state index contributed by atoms with van der Waals surface area (Å²) in [4.78, 5) is 25.5. The summed E-state index contributed by atoms with van der Waals surface area (Å²) in [6, 6.07) is 0. The van der Waals surface area contributed by atoms with Crippen LogP contribution in [0.2, 0.25) is 0 Å². The molecular formula is C16H27NO4. The summed E-state index contributed by atoms with van der Waals surface area (Å²) in [5.74, 6) is -0.246. The fraction of sp³-hybridized carbons (Fsp3) is 0.750. The van der Waals surface area contributed by atoms with E-state index in [1.807, 2.05) is 20.8 Å². The molecule has 5 nitrogen and oxygen atoms in total. The summed E-state index contributed by atoms with van der Waals surface area (Å²) < 4.78 is 10.4. The Balaban J connectivity index is 2.76. The summed E-state index contributed by atoms with van der Waals surface area (Å²) >= 11 is 0. The molecule has 0 heterocycles. The van der Waals surface area contributed by atoms with Gasteiger partial charge in [0.15, 0.2) is 0 Å². The molecule has 0 N–H and O–H groups in total. The molecule has 0 unspecified atom stereocenters. The Morgan fingerprint density at radius 1 is 1.19 bits per heavy atom. The fourth-order valence-corrected chi connectivity index (χ4v) is 2.30. The summed E-state index contributed by atoms with van der Waals surface area (Å²) in [5.41, 5.74) is 1.21. The Labute approximate surface area is 127 Å². The third kappa shape index (κ3) is 5.78. The zero-order chi connectivity index (χ0) is 16.0. The van der Waals surface area contributed by atoms with E-state index in [0.717, 1.165) is 36.8 Å². The van der Waals surface area contributed by atoms with Crippen molar-refractivity contribution in [2.75, 3.05) is 20.2 Å². The number of carbonyl (C=O) groups excluding carboxylic acids is 2. The van der Waals surface area contributed by atoms with Gasteiger partial charge in [-0.1, -0.05) is 0 Å². The first-order valence-electron chi connectivity index (χ1n) is 7.56.